The van der Waals surface area contributed by atoms with Gasteiger partial charge in [0.15, 0.2) is 6.61 Å². The number of aromatic nitrogens is 1. The maximum Gasteiger partial charge on any atom is 0.321 e. The Kier molecular flexibility index (Phi) is 6.96. The largest absolute Gasteiger partial charge is 0.484 e. The highest BCUT2D eigenvalue weighted by atomic mass is 32.1. The Morgan fingerprint density at radius 3 is 2.44 bits per heavy atom. The van der Waals surface area contributed by atoms with Gasteiger partial charge in [0, 0.05) is 22.4 Å². The van der Waals surface area contributed by atoms with E-state index < -0.39 is 11.9 Å². The van der Waals surface area contributed by atoms with E-state index in [9.17, 15) is 9.59 Å². The second-order valence-corrected chi connectivity index (χ2v) is 8.29. The number of hydrogen-bond acceptors (Lipinski definition) is 5. The number of thiazole rings is 1. The number of rotatable bonds is 6. The van der Waals surface area contributed by atoms with E-state index in [4.69, 9.17) is 4.74 Å². The maximum atomic E-state index is 11.8. The molecule has 146 valence electrons. The van der Waals surface area contributed by atoms with Crippen molar-refractivity contribution >= 4 is 23.3 Å². The molecule has 6 nitrogen and oxygen atoms in total. The van der Waals surface area contributed by atoms with Crippen LogP contribution in [0.15, 0.2) is 29.6 Å². The van der Waals surface area contributed by atoms with Crippen molar-refractivity contribution < 1.29 is 14.3 Å². The third-order valence-electron chi connectivity index (χ3n) is 3.99. The molecular formula is C20H27N3O3S. The van der Waals surface area contributed by atoms with Crippen molar-refractivity contribution in [3.63, 3.8) is 0 Å². The van der Waals surface area contributed by atoms with Crippen LogP contribution in [-0.4, -0.2) is 29.6 Å². The fraction of sp³-hybridized carbons (Fsp3) is 0.450. The minimum absolute atomic E-state index is 0.0101. The molecule has 2 N–H and O–H groups in total. The van der Waals surface area contributed by atoms with Crippen molar-refractivity contribution in [2.75, 3.05) is 6.61 Å². The van der Waals surface area contributed by atoms with E-state index in [0.717, 1.165) is 22.7 Å². The van der Waals surface area contributed by atoms with Crippen molar-refractivity contribution in [2.24, 2.45) is 0 Å². The van der Waals surface area contributed by atoms with Crippen LogP contribution in [-0.2, 0) is 10.2 Å². The molecular weight excluding hydrogens is 362 g/mol. The summed E-state index contributed by atoms with van der Waals surface area (Å²) in [6.07, 6.45) is 0.792. The van der Waals surface area contributed by atoms with Crippen molar-refractivity contribution in [2.45, 2.75) is 52.5 Å². The number of nitrogens with zero attached hydrogens (tertiary/aromatic N) is 1. The van der Waals surface area contributed by atoms with Gasteiger partial charge in [-0.15, -0.1) is 11.3 Å². The predicted octanol–water partition coefficient (Wildman–Crippen LogP) is 4.11. The van der Waals surface area contributed by atoms with Crippen LogP contribution < -0.4 is 15.4 Å². The Hall–Kier alpha value is -2.41. The van der Waals surface area contributed by atoms with E-state index in [1.807, 2.05) is 26.0 Å². The van der Waals surface area contributed by atoms with Crippen LogP contribution in [0.4, 0.5) is 4.79 Å². The molecule has 0 spiro atoms. The molecule has 0 aliphatic carbocycles. The van der Waals surface area contributed by atoms with Crippen LogP contribution in [0.2, 0.25) is 0 Å². The molecule has 0 aliphatic rings. The molecule has 1 aromatic carbocycles. The van der Waals surface area contributed by atoms with E-state index in [2.05, 4.69) is 41.8 Å². The number of hydrogen-bond donors (Lipinski definition) is 2. The minimum atomic E-state index is -0.508. The number of amides is 3. The molecule has 27 heavy (non-hydrogen) atoms. The molecule has 7 heteroatoms. The molecule has 0 unspecified atom stereocenters. The Bertz CT molecular complexity index is 779. The second kappa shape index (κ2) is 8.99. The van der Waals surface area contributed by atoms with Gasteiger partial charge in [-0.25, -0.2) is 9.78 Å². The van der Waals surface area contributed by atoms with E-state index in [0.29, 0.717) is 5.75 Å². The summed E-state index contributed by atoms with van der Waals surface area (Å²) in [6, 6.07) is 6.91. The fourth-order valence-corrected chi connectivity index (χ4v) is 3.17. The lowest BCUT2D eigenvalue weighted by Gasteiger charge is -2.14. The van der Waals surface area contributed by atoms with Gasteiger partial charge in [0.05, 0.1) is 5.69 Å². The third-order valence-corrected chi connectivity index (χ3v) is 4.88. The highest BCUT2D eigenvalue weighted by Crippen LogP contribution is 2.30. The van der Waals surface area contributed by atoms with Gasteiger partial charge in [-0.1, -0.05) is 27.7 Å². The van der Waals surface area contributed by atoms with Crippen LogP contribution in [0.3, 0.4) is 0 Å². The van der Waals surface area contributed by atoms with E-state index in [-0.39, 0.29) is 18.1 Å². The molecule has 2 rings (SSSR count). The molecule has 1 heterocycles. The van der Waals surface area contributed by atoms with Crippen LogP contribution in [0, 0.1) is 0 Å². The number of nitrogens with one attached hydrogen (secondary N) is 2. The molecule has 1 atom stereocenters. The second-order valence-electron chi connectivity index (χ2n) is 7.43. The minimum Gasteiger partial charge on any atom is -0.484 e. The lowest BCUT2D eigenvalue weighted by Crippen LogP contribution is -2.44. The van der Waals surface area contributed by atoms with E-state index in [1.54, 1.807) is 23.5 Å². The molecule has 0 fully saturated rings. The highest BCUT2D eigenvalue weighted by molar-refractivity contribution is 7.13. The van der Waals surface area contributed by atoms with Gasteiger partial charge in [0.2, 0.25) is 0 Å². The zero-order chi connectivity index (χ0) is 20.0. The van der Waals surface area contributed by atoms with Crippen LogP contribution >= 0.6 is 11.3 Å². The summed E-state index contributed by atoms with van der Waals surface area (Å²) in [5.74, 6) is 0.0680. The number of imide groups is 1. The molecule has 0 aliphatic heterocycles. The van der Waals surface area contributed by atoms with Crippen LogP contribution in [0.25, 0.3) is 10.6 Å². The first kappa shape index (κ1) is 20.9. The quantitative estimate of drug-likeness (QED) is 0.779. The predicted molar refractivity (Wildman–Crippen MR) is 108 cm³/mol. The lowest BCUT2D eigenvalue weighted by molar-refractivity contribution is -0.122. The molecule has 0 saturated heterocycles. The van der Waals surface area contributed by atoms with Gasteiger partial charge < -0.3 is 10.1 Å². The first-order valence-electron chi connectivity index (χ1n) is 8.98. The smallest absolute Gasteiger partial charge is 0.321 e. The van der Waals surface area contributed by atoms with Gasteiger partial charge in [0.25, 0.3) is 5.91 Å². The van der Waals surface area contributed by atoms with Gasteiger partial charge in [0.1, 0.15) is 10.8 Å². The number of urea groups is 1. The first-order valence-corrected chi connectivity index (χ1v) is 9.86. The van der Waals surface area contributed by atoms with Crippen molar-refractivity contribution in [3.8, 4) is 16.3 Å². The zero-order valence-electron chi connectivity index (χ0n) is 16.5. The fourth-order valence-electron chi connectivity index (χ4n) is 2.12. The Labute approximate surface area is 164 Å². The molecule has 0 saturated carbocycles. The molecule has 2 aromatic rings. The number of carbonyl (C=O) groups is 2. The summed E-state index contributed by atoms with van der Waals surface area (Å²) in [7, 11) is 0. The average Bonchev–Trinajstić information content (AvgIpc) is 3.10. The van der Waals surface area contributed by atoms with E-state index in [1.165, 1.54) is 0 Å². The van der Waals surface area contributed by atoms with Gasteiger partial charge >= 0.3 is 6.03 Å². The SMILES string of the molecule is CC[C@@H](C)NC(=O)NC(=O)COc1ccc(-c2nc(C(C)(C)C)cs2)cc1. The maximum absolute atomic E-state index is 11.8. The Morgan fingerprint density at radius 2 is 1.89 bits per heavy atom. The number of ether oxygens (including phenoxy) is 1. The Balaban J connectivity index is 1.88. The van der Waals surface area contributed by atoms with Crippen molar-refractivity contribution in [3.05, 3.63) is 35.3 Å². The topological polar surface area (TPSA) is 80.3 Å². The molecule has 3 amide bonds. The average molecular weight is 390 g/mol. The molecule has 1 aromatic heterocycles. The van der Waals surface area contributed by atoms with Crippen molar-refractivity contribution in [1.29, 1.82) is 0 Å². The normalized spacial score (nSPS) is 12.3. The summed E-state index contributed by atoms with van der Waals surface area (Å²) in [5.41, 5.74) is 2.09. The van der Waals surface area contributed by atoms with Crippen molar-refractivity contribution in [1.82, 2.24) is 15.6 Å². The number of benzene rings is 1. The monoisotopic (exact) mass is 389 g/mol. The van der Waals surface area contributed by atoms with E-state index >= 15 is 0 Å². The van der Waals surface area contributed by atoms with Gasteiger partial charge in [-0.2, -0.15) is 0 Å². The highest BCUT2D eigenvalue weighted by Gasteiger charge is 2.18. The molecule has 0 radical (unpaired) electrons. The third kappa shape index (κ3) is 6.36. The van der Waals surface area contributed by atoms with Crippen LogP contribution in [0.1, 0.15) is 46.7 Å². The number of carbonyl (C=O) groups excluding carboxylic acids is 2. The molecule has 0 bridgehead atoms. The summed E-state index contributed by atoms with van der Waals surface area (Å²) < 4.78 is 5.44. The summed E-state index contributed by atoms with van der Waals surface area (Å²) in [5, 5.41) is 7.94. The summed E-state index contributed by atoms with van der Waals surface area (Å²) >= 11 is 1.61. The lowest BCUT2D eigenvalue weighted by atomic mass is 9.93. The van der Waals surface area contributed by atoms with Crippen LogP contribution in [0.5, 0.6) is 5.75 Å². The van der Waals surface area contributed by atoms with Gasteiger partial charge in [-0.05, 0) is 37.6 Å². The first-order chi connectivity index (χ1) is 12.7. The van der Waals surface area contributed by atoms with Gasteiger partial charge in [-0.3, -0.25) is 10.1 Å². The standard InChI is InChI=1S/C20H27N3O3S/c1-6-13(2)21-19(25)23-17(24)11-26-15-9-7-14(8-10-15)18-22-16(12-27-18)20(3,4)5/h7-10,12-13H,6,11H2,1-5H3,(H2,21,23,24,25)/t13-/m1/s1. The Morgan fingerprint density at radius 1 is 1.22 bits per heavy atom. The zero-order valence-corrected chi connectivity index (χ0v) is 17.3. The summed E-state index contributed by atoms with van der Waals surface area (Å²) in [4.78, 5) is 28.1. The summed E-state index contributed by atoms with van der Waals surface area (Å²) in [6.45, 7) is 10.0.